The second-order valence-corrected chi connectivity index (χ2v) is 6.58. The van der Waals surface area contributed by atoms with Gasteiger partial charge in [0.25, 0.3) is 0 Å². The van der Waals surface area contributed by atoms with Gasteiger partial charge < -0.3 is 4.42 Å². The highest BCUT2D eigenvalue weighted by Crippen LogP contribution is 2.35. The van der Waals surface area contributed by atoms with Crippen molar-refractivity contribution in [3.63, 3.8) is 0 Å². The summed E-state index contributed by atoms with van der Waals surface area (Å²) in [6.45, 7) is -0.191. The molecule has 0 saturated carbocycles. The number of aromatic nitrogens is 2. The number of hydrogen-bond donors (Lipinski definition) is 0. The van der Waals surface area contributed by atoms with Gasteiger partial charge in [-0.25, -0.2) is 4.98 Å². The molecule has 5 rings (SSSR count). The minimum atomic E-state index is -2.28. The van der Waals surface area contributed by atoms with Gasteiger partial charge in [-0.15, -0.1) is 0 Å². The molecule has 3 heteroatoms. The van der Waals surface area contributed by atoms with Crippen molar-refractivity contribution in [1.29, 1.82) is 0 Å². The van der Waals surface area contributed by atoms with Gasteiger partial charge in [0.2, 0.25) is 5.71 Å². The van der Waals surface area contributed by atoms with Crippen LogP contribution in [0.4, 0.5) is 0 Å². The van der Waals surface area contributed by atoms with Gasteiger partial charge in [0, 0.05) is 32.3 Å². The molecule has 0 bridgehead atoms. The summed E-state index contributed by atoms with van der Waals surface area (Å²) in [4.78, 5) is 8.82. The first-order valence-electron chi connectivity index (χ1n) is 10.3. The number of nitrogens with zero attached hydrogens (tertiary/aromatic N) is 2. The van der Waals surface area contributed by atoms with E-state index in [1.54, 1.807) is 12.3 Å². The van der Waals surface area contributed by atoms with Gasteiger partial charge in [-0.1, -0.05) is 36.4 Å². The van der Waals surface area contributed by atoms with Crippen molar-refractivity contribution in [2.24, 2.45) is 0 Å². The minimum Gasteiger partial charge on any atom is -0.437 e. The summed E-state index contributed by atoms with van der Waals surface area (Å²) in [7, 11) is 0. The van der Waals surface area contributed by atoms with E-state index < -0.39 is 6.85 Å². The zero-order chi connectivity index (χ0) is 20.9. The Kier molecular flexibility index (Phi) is 2.88. The van der Waals surface area contributed by atoms with Crippen LogP contribution in [-0.2, 0) is 0 Å². The highest BCUT2D eigenvalue weighted by atomic mass is 16.3. The normalized spacial score (nSPS) is 13.4. The van der Waals surface area contributed by atoms with E-state index in [9.17, 15) is 0 Å². The van der Waals surface area contributed by atoms with Crippen molar-refractivity contribution in [3.8, 4) is 22.4 Å². The Morgan fingerprint density at radius 2 is 1.78 bits per heavy atom. The Bertz CT molecular complexity index is 1400. The molecular weight excluding hydrogens is 332 g/mol. The predicted molar refractivity (Wildman–Crippen MR) is 110 cm³/mol. The van der Waals surface area contributed by atoms with E-state index in [4.69, 9.17) is 8.53 Å². The molecule has 3 heterocycles. The first-order valence-corrected chi connectivity index (χ1v) is 8.77. The number of benzene rings is 2. The second-order valence-electron chi connectivity index (χ2n) is 6.58. The zero-order valence-corrected chi connectivity index (χ0v) is 14.7. The monoisotopic (exact) mass is 353 g/mol. The molecule has 0 aliphatic heterocycles. The zero-order valence-electron chi connectivity index (χ0n) is 17.7. The van der Waals surface area contributed by atoms with Gasteiger partial charge in [0.05, 0.1) is 5.69 Å². The molecule has 5 aromatic rings. The highest BCUT2D eigenvalue weighted by Gasteiger charge is 2.14. The molecule has 3 aromatic heterocycles. The molecule has 2 aromatic carbocycles. The number of rotatable bonds is 2. The average Bonchev–Trinajstić information content (AvgIpc) is 3.11. The quantitative estimate of drug-likeness (QED) is 0.372. The maximum absolute atomic E-state index is 7.60. The largest absolute Gasteiger partial charge is 0.437 e. The van der Waals surface area contributed by atoms with E-state index in [1.165, 1.54) is 11.6 Å². The van der Waals surface area contributed by atoms with Crippen LogP contribution in [0.3, 0.4) is 0 Å². The fourth-order valence-corrected chi connectivity index (χ4v) is 3.52. The van der Waals surface area contributed by atoms with E-state index in [0.717, 1.165) is 33.2 Å². The maximum atomic E-state index is 7.60. The van der Waals surface area contributed by atoms with Gasteiger partial charge in [-0.3, -0.25) is 4.98 Å². The Hall–Kier alpha value is -3.46. The third-order valence-electron chi connectivity index (χ3n) is 4.86. The lowest BCUT2D eigenvalue weighted by atomic mass is 9.99. The van der Waals surface area contributed by atoms with Crippen LogP contribution >= 0.6 is 0 Å². The number of hydrogen-bond acceptors (Lipinski definition) is 3. The van der Waals surface area contributed by atoms with Crippen molar-refractivity contribution in [2.75, 3.05) is 0 Å². The third kappa shape index (κ3) is 2.59. The average molecular weight is 353 g/mol. The first-order chi connectivity index (χ1) is 14.4. The summed E-state index contributed by atoms with van der Waals surface area (Å²) in [5, 5.41) is 1.67. The molecule has 0 amide bonds. The summed E-state index contributed by atoms with van der Waals surface area (Å²) in [5.74, 6) is 0. The molecule has 3 nitrogen and oxygen atoms in total. The smallest absolute Gasteiger partial charge is 0.227 e. The van der Waals surface area contributed by atoms with Crippen LogP contribution in [0.15, 0.2) is 77.3 Å². The van der Waals surface area contributed by atoms with Crippen LogP contribution < -0.4 is 0 Å². The highest BCUT2D eigenvalue weighted by molar-refractivity contribution is 6.08. The summed E-state index contributed by atoms with van der Waals surface area (Å²) in [6.07, 6.45) is 1.80. The number of aryl methyl sites for hydroxylation is 2. The van der Waals surface area contributed by atoms with Crippen molar-refractivity contribution in [2.45, 2.75) is 13.8 Å². The van der Waals surface area contributed by atoms with E-state index in [0.29, 0.717) is 11.3 Å². The van der Waals surface area contributed by atoms with Crippen LogP contribution in [0, 0.1) is 13.8 Å². The lowest BCUT2D eigenvalue weighted by Crippen LogP contribution is -1.87. The van der Waals surface area contributed by atoms with Gasteiger partial charge in [-0.05, 0) is 60.8 Å². The van der Waals surface area contributed by atoms with Crippen LogP contribution in [0.5, 0.6) is 0 Å². The van der Waals surface area contributed by atoms with E-state index in [-0.39, 0.29) is 5.69 Å². The Balaban J connectivity index is 1.70. The van der Waals surface area contributed by atoms with E-state index >= 15 is 0 Å². The van der Waals surface area contributed by atoms with Gasteiger partial charge in [0.15, 0.2) is 0 Å². The van der Waals surface area contributed by atoms with Crippen LogP contribution in [-0.4, -0.2) is 9.97 Å². The van der Waals surface area contributed by atoms with Crippen LogP contribution in [0.2, 0.25) is 0 Å². The minimum absolute atomic E-state index is 0.0234. The molecule has 0 aliphatic carbocycles. The topological polar surface area (TPSA) is 38.9 Å². The molecule has 0 fully saturated rings. The van der Waals surface area contributed by atoms with E-state index in [2.05, 4.69) is 29.0 Å². The van der Waals surface area contributed by atoms with Crippen molar-refractivity contribution >= 4 is 22.1 Å². The molecule has 0 radical (unpaired) electrons. The third-order valence-corrected chi connectivity index (χ3v) is 4.86. The molecule has 0 aliphatic rings. The summed E-state index contributed by atoms with van der Waals surface area (Å²) < 4.78 is 28.8. The molecule has 27 heavy (non-hydrogen) atoms. The molecule has 130 valence electrons. The Morgan fingerprint density at radius 3 is 2.67 bits per heavy atom. The maximum Gasteiger partial charge on any atom is 0.227 e. The van der Waals surface area contributed by atoms with Gasteiger partial charge >= 0.3 is 0 Å². The molecule has 0 spiro atoms. The lowest BCUT2D eigenvalue weighted by Gasteiger charge is -2.08. The van der Waals surface area contributed by atoms with Crippen LogP contribution in [0.25, 0.3) is 44.5 Å². The van der Waals surface area contributed by atoms with Crippen molar-refractivity contribution < 1.29 is 8.53 Å². The van der Waals surface area contributed by atoms with Gasteiger partial charge in [0.1, 0.15) is 5.58 Å². The van der Waals surface area contributed by atoms with Crippen molar-refractivity contribution in [1.82, 2.24) is 9.97 Å². The van der Waals surface area contributed by atoms with E-state index in [1.807, 2.05) is 42.5 Å². The number of furan rings is 1. The predicted octanol–water partition coefficient (Wildman–Crippen LogP) is 6.33. The van der Waals surface area contributed by atoms with Crippen LogP contribution in [0.1, 0.15) is 15.4 Å². The number of para-hydroxylation sites is 1. The fourth-order valence-electron chi connectivity index (χ4n) is 3.52. The molecule has 0 unspecified atom stereocenters. The Morgan fingerprint density at radius 1 is 0.889 bits per heavy atom. The fraction of sp³-hybridized carbons (Fsp3) is 0.0833. The summed E-state index contributed by atoms with van der Waals surface area (Å²) >= 11 is 0. The lowest BCUT2D eigenvalue weighted by molar-refractivity contribution is 0.653. The second kappa shape index (κ2) is 6.06. The first kappa shape index (κ1) is 12.8. The molecule has 0 saturated heterocycles. The summed E-state index contributed by atoms with van der Waals surface area (Å²) in [6, 6.07) is 21.4. The molecular formula is C24H18N2O. The van der Waals surface area contributed by atoms with Gasteiger partial charge in [-0.2, -0.15) is 0 Å². The standard InChI is InChI=1S/C24H18N2O/c1-15-6-3-4-7-18(15)17-12-13-25-22(14-17)21-9-5-8-19-20-11-10-16(2)26-24(20)27-23(19)21/h3-14H,1-2H3/i2D3. The summed E-state index contributed by atoms with van der Waals surface area (Å²) in [5.41, 5.74) is 6.05. The Labute approximate surface area is 161 Å². The number of fused-ring (bicyclic) bond motifs is 3. The van der Waals surface area contributed by atoms with Crippen molar-refractivity contribution in [3.05, 3.63) is 84.2 Å². The molecule has 0 atom stereocenters. The number of pyridine rings is 2. The molecule has 0 N–H and O–H groups in total. The SMILES string of the molecule is [2H]C([2H])([2H])c1ccc2c(n1)oc1c(-c3cc(-c4ccccc4C)ccn3)cccc12.